The molecule has 0 aliphatic carbocycles. The molecule has 4 nitrogen and oxygen atoms in total. The summed E-state index contributed by atoms with van der Waals surface area (Å²) in [6.45, 7) is 6.95. The van der Waals surface area contributed by atoms with Crippen LogP contribution < -0.4 is 11.4 Å². The fourth-order valence-electron chi connectivity index (χ4n) is 3.37. The second-order valence-corrected chi connectivity index (χ2v) is 6.59. The third kappa shape index (κ3) is 4.14. The predicted octanol–water partition coefficient (Wildman–Crippen LogP) is 3.08. The predicted molar refractivity (Wildman–Crippen MR) is 96.1 cm³/mol. The van der Waals surface area contributed by atoms with Crippen LogP contribution in [0.2, 0.25) is 0 Å². The number of benzene rings is 1. The Bertz CT molecular complexity index is 727. The van der Waals surface area contributed by atoms with Gasteiger partial charge >= 0.3 is 5.63 Å². The van der Waals surface area contributed by atoms with Crippen molar-refractivity contribution in [1.29, 1.82) is 0 Å². The van der Waals surface area contributed by atoms with Crippen LogP contribution in [-0.2, 0) is 6.54 Å². The highest BCUT2D eigenvalue weighted by Crippen LogP contribution is 2.24. The molecule has 0 saturated carbocycles. The molecule has 23 heavy (non-hydrogen) atoms. The van der Waals surface area contributed by atoms with E-state index in [0.717, 1.165) is 36.1 Å². The van der Waals surface area contributed by atoms with Crippen LogP contribution in [-0.4, -0.2) is 24.0 Å². The van der Waals surface area contributed by atoms with Crippen LogP contribution in [0.5, 0.6) is 0 Å². The Morgan fingerprint density at radius 1 is 1.39 bits per heavy atom. The third-order valence-electron chi connectivity index (χ3n) is 4.67. The molecule has 2 atom stereocenters. The fourth-order valence-corrected chi connectivity index (χ4v) is 3.37. The second-order valence-electron chi connectivity index (χ2n) is 6.59. The monoisotopic (exact) mass is 336 g/mol. The average molecular weight is 337 g/mol. The van der Waals surface area contributed by atoms with Crippen LogP contribution in [0.15, 0.2) is 33.5 Å². The summed E-state index contributed by atoms with van der Waals surface area (Å²) in [5.41, 5.74) is 8.63. The fraction of sp³-hybridized carbons (Fsp3) is 0.500. The van der Waals surface area contributed by atoms with Crippen molar-refractivity contribution in [1.82, 2.24) is 4.90 Å². The zero-order valence-corrected chi connectivity index (χ0v) is 14.6. The van der Waals surface area contributed by atoms with Gasteiger partial charge in [-0.25, -0.2) is 4.79 Å². The Hall–Kier alpha value is -1.36. The van der Waals surface area contributed by atoms with Crippen molar-refractivity contribution in [2.75, 3.05) is 13.1 Å². The van der Waals surface area contributed by atoms with Gasteiger partial charge in [0.15, 0.2) is 0 Å². The molecule has 1 aromatic carbocycles. The maximum atomic E-state index is 11.8. The van der Waals surface area contributed by atoms with E-state index in [0.29, 0.717) is 11.5 Å². The minimum atomic E-state index is -0.270. The van der Waals surface area contributed by atoms with Gasteiger partial charge in [0.2, 0.25) is 0 Å². The lowest BCUT2D eigenvalue weighted by molar-refractivity contribution is 0.154. The maximum Gasteiger partial charge on any atom is 0.336 e. The molecule has 0 radical (unpaired) electrons. The molecule has 1 saturated heterocycles. The molecule has 0 spiro atoms. The van der Waals surface area contributed by atoms with E-state index < -0.39 is 0 Å². The summed E-state index contributed by atoms with van der Waals surface area (Å²) in [6, 6.07) is 7.90. The number of nitrogens with two attached hydrogens (primary N) is 1. The van der Waals surface area contributed by atoms with Gasteiger partial charge in [-0.1, -0.05) is 12.1 Å². The summed E-state index contributed by atoms with van der Waals surface area (Å²) in [5, 5.41) is 1.04. The molecule has 2 aromatic rings. The van der Waals surface area contributed by atoms with Crippen molar-refractivity contribution in [2.24, 2.45) is 11.7 Å². The maximum absolute atomic E-state index is 11.8. The van der Waals surface area contributed by atoms with E-state index in [4.69, 9.17) is 10.2 Å². The van der Waals surface area contributed by atoms with Crippen LogP contribution in [0.1, 0.15) is 30.9 Å². The number of likely N-dealkylation sites (tertiary alicyclic amines) is 1. The highest BCUT2D eigenvalue weighted by Gasteiger charge is 2.23. The zero-order valence-electron chi connectivity index (χ0n) is 13.7. The second kappa shape index (κ2) is 7.47. The van der Waals surface area contributed by atoms with Crippen molar-refractivity contribution in [3.05, 3.63) is 45.8 Å². The van der Waals surface area contributed by atoms with Gasteiger partial charge < -0.3 is 10.2 Å². The van der Waals surface area contributed by atoms with Crippen molar-refractivity contribution < 1.29 is 4.42 Å². The first-order valence-corrected chi connectivity index (χ1v) is 8.04. The van der Waals surface area contributed by atoms with Crippen LogP contribution in [0.3, 0.4) is 0 Å². The van der Waals surface area contributed by atoms with Crippen LogP contribution >= 0.6 is 12.4 Å². The molecule has 2 unspecified atom stereocenters. The molecule has 2 heterocycles. The van der Waals surface area contributed by atoms with Crippen molar-refractivity contribution in [2.45, 2.75) is 39.3 Å². The van der Waals surface area contributed by atoms with Gasteiger partial charge in [-0.15, -0.1) is 12.4 Å². The Labute approximate surface area is 143 Å². The van der Waals surface area contributed by atoms with E-state index in [9.17, 15) is 4.79 Å². The third-order valence-corrected chi connectivity index (χ3v) is 4.67. The number of aryl methyl sites for hydroxylation is 1. The quantitative estimate of drug-likeness (QED) is 0.875. The first kappa shape index (κ1) is 18.0. The van der Waals surface area contributed by atoms with Crippen molar-refractivity contribution in [3.8, 4) is 0 Å². The Morgan fingerprint density at radius 2 is 2.17 bits per heavy atom. The summed E-state index contributed by atoms with van der Waals surface area (Å²) < 4.78 is 5.34. The lowest BCUT2D eigenvalue weighted by atomic mass is 9.92. The van der Waals surface area contributed by atoms with Crippen LogP contribution in [0.25, 0.3) is 11.0 Å². The minimum absolute atomic E-state index is 0. The molecule has 2 N–H and O–H groups in total. The number of nitrogens with zero attached hydrogens (tertiary/aromatic N) is 1. The lowest BCUT2D eigenvalue weighted by Crippen LogP contribution is -2.42. The van der Waals surface area contributed by atoms with Gasteiger partial charge in [-0.3, -0.25) is 4.90 Å². The smallest absolute Gasteiger partial charge is 0.336 e. The Balaban J connectivity index is 0.00000192. The molecule has 1 fully saturated rings. The van der Waals surface area contributed by atoms with E-state index in [1.54, 1.807) is 6.07 Å². The van der Waals surface area contributed by atoms with Gasteiger partial charge in [0.25, 0.3) is 0 Å². The summed E-state index contributed by atoms with van der Waals surface area (Å²) >= 11 is 0. The summed E-state index contributed by atoms with van der Waals surface area (Å²) in [5.74, 6) is 0.544. The minimum Gasteiger partial charge on any atom is -0.423 e. The molecular formula is C18H25ClN2O2. The number of fused-ring (bicyclic) bond motifs is 1. The normalized spacial score (nSPS) is 20.2. The highest BCUT2D eigenvalue weighted by molar-refractivity contribution is 5.85. The largest absolute Gasteiger partial charge is 0.423 e. The van der Waals surface area contributed by atoms with E-state index in [1.165, 1.54) is 12.8 Å². The van der Waals surface area contributed by atoms with Gasteiger partial charge in [0, 0.05) is 30.6 Å². The van der Waals surface area contributed by atoms with E-state index in [2.05, 4.69) is 24.0 Å². The molecule has 126 valence electrons. The summed E-state index contributed by atoms with van der Waals surface area (Å²) in [4.78, 5) is 14.2. The Morgan fingerprint density at radius 3 is 2.91 bits per heavy atom. The molecule has 0 amide bonds. The number of halogens is 1. The number of hydrogen-bond acceptors (Lipinski definition) is 4. The molecular weight excluding hydrogens is 312 g/mol. The van der Waals surface area contributed by atoms with Gasteiger partial charge in [-0.05, 0) is 56.3 Å². The summed E-state index contributed by atoms with van der Waals surface area (Å²) in [6.07, 6.45) is 2.37. The van der Waals surface area contributed by atoms with Crippen LogP contribution in [0.4, 0.5) is 0 Å². The lowest BCUT2D eigenvalue weighted by Gasteiger charge is -2.34. The molecule has 1 aliphatic heterocycles. The van der Waals surface area contributed by atoms with Crippen LogP contribution in [0, 0.1) is 12.8 Å². The number of piperidine rings is 1. The Kier molecular flexibility index (Phi) is 5.84. The van der Waals surface area contributed by atoms with Gasteiger partial charge in [0.05, 0.1) is 0 Å². The molecule has 0 bridgehead atoms. The number of rotatable bonds is 3. The average Bonchev–Trinajstić information content (AvgIpc) is 2.46. The zero-order chi connectivity index (χ0) is 15.7. The molecule has 1 aromatic heterocycles. The SMILES string of the molecule is Cc1ccc2c(CN3CCCC(C(C)N)C3)cc(=O)oc2c1.Cl. The number of hydrogen-bond donors (Lipinski definition) is 1. The van der Waals surface area contributed by atoms with E-state index in [-0.39, 0.29) is 24.1 Å². The van der Waals surface area contributed by atoms with Gasteiger partial charge in [0.1, 0.15) is 5.58 Å². The van der Waals surface area contributed by atoms with Gasteiger partial charge in [-0.2, -0.15) is 0 Å². The standard InChI is InChI=1S/C18H24N2O2.ClH/c1-12-5-6-16-15(9-18(21)22-17(16)8-12)11-20-7-3-4-14(10-20)13(2)19;/h5-6,8-9,13-14H,3-4,7,10-11,19H2,1-2H3;1H. The highest BCUT2D eigenvalue weighted by atomic mass is 35.5. The first-order chi connectivity index (χ1) is 10.5. The molecule has 3 rings (SSSR count). The van der Waals surface area contributed by atoms with E-state index in [1.807, 2.05) is 13.0 Å². The molecule has 1 aliphatic rings. The molecule has 5 heteroatoms. The topological polar surface area (TPSA) is 59.5 Å². The van der Waals surface area contributed by atoms with E-state index >= 15 is 0 Å². The first-order valence-electron chi connectivity index (χ1n) is 8.04. The van der Waals surface area contributed by atoms with Crippen molar-refractivity contribution in [3.63, 3.8) is 0 Å². The van der Waals surface area contributed by atoms with Crippen molar-refractivity contribution >= 4 is 23.4 Å². The summed E-state index contributed by atoms with van der Waals surface area (Å²) in [7, 11) is 0.